The third-order valence-electron chi connectivity index (χ3n) is 4.17. The van der Waals surface area contributed by atoms with Gasteiger partial charge in [-0.15, -0.1) is 0 Å². The number of hydrogen-bond acceptors (Lipinski definition) is 5. The minimum absolute atomic E-state index is 0.186. The van der Waals surface area contributed by atoms with Crippen molar-refractivity contribution >= 4 is 5.97 Å². The number of methoxy groups -OCH3 is 1. The molecule has 5 nitrogen and oxygen atoms in total. The zero-order valence-corrected chi connectivity index (χ0v) is 10.6. The van der Waals surface area contributed by atoms with Gasteiger partial charge in [0, 0.05) is 12.2 Å². The molecule has 1 saturated carbocycles. The standard InChI is InChI=1S/C13H19NO4/c1-17-12(16)9-8-14(9)10-7-11(15)18-13(10)5-3-2-4-6-13/h7,9,11,15H,2-6,8H2,1H3. The summed E-state index contributed by atoms with van der Waals surface area (Å²) in [6, 6.07) is -0.186. The fourth-order valence-corrected chi connectivity index (χ4v) is 3.21. The highest BCUT2D eigenvalue weighted by Crippen LogP contribution is 2.46. The monoisotopic (exact) mass is 253 g/mol. The third kappa shape index (κ3) is 1.82. The van der Waals surface area contributed by atoms with Gasteiger partial charge in [0.2, 0.25) is 0 Å². The second kappa shape index (κ2) is 4.24. The molecule has 1 aliphatic carbocycles. The molecule has 2 fully saturated rings. The third-order valence-corrected chi connectivity index (χ3v) is 4.17. The van der Waals surface area contributed by atoms with Crippen molar-refractivity contribution in [3.63, 3.8) is 0 Å². The Morgan fingerprint density at radius 3 is 2.89 bits per heavy atom. The second-order valence-electron chi connectivity index (χ2n) is 5.31. The summed E-state index contributed by atoms with van der Waals surface area (Å²) < 4.78 is 10.5. The first-order chi connectivity index (χ1) is 8.66. The zero-order chi connectivity index (χ0) is 12.8. The Morgan fingerprint density at radius 2 is 2.22 bits per heavy atom. The van der Waals surface area contributed by atoms with Gasteiger partial charge < -0.3 is 19.5 Å². The average molecular weight is 253 g/mol. The smallest absolute Gasteiger partial charge is 0.330 e. The maximum atomic E-state index is 11.5. The van der Waals surface area contributed by atoms with E-state index in [1.54, 1.807) is 6.08 Å². The summed E-state index contributed by atoms with van der Waals surface area (Å²) in [5.41, 5.74) is 0.630. The molecule has 3 rings (SSSR count). The van der Waals surface area contributed by atoms with Crippen LogP contribution in [0.5, 0.6) is 0 Å². The van der Waals surface area contributed by atoms with Crippen LogP contribution in [-0.4, -0.2) is 47.6 Å². The average Bonchev–Trinajstić information content (AvgIpc) is 3.10. The van der Waals surface area contributed by atoms with Crippen molar-refractivity contribution in [1.82, 2.24) is 4.90 Å². The maximum absolute atomic E-state index is 11.5. The first-order valence-electron chi connectivity index (χ1n) is 6.59. The van der Waals surface area contributed by atoms with E-state index < -0.39 is 6.29 Å². The number of nitrogens with zero attached hydrogens (tertiary/aromatic N) is 1. The molecule has 0 bridgehead atoms. The molecular weight excluding hydrogens is 234 g/mol. The quantitative estimate of drug-likeness (QED) is 0.582. The molecule has 18 heavy (non-hydrogen) atoms. The van der Waals surface area contributed by atoms with E-state index >= 15 is 0 Å². The minimum atomic E-state index is -0.836. The number of esters is 1. The summed E-state index contributed by atoms with van der Waals surface area (Å²) in [6.07, 6.45) is 6.21. The van der Waals surface area contributed by atoms with E-state index in [0.29, 0.717) is 6.54 Å². The number of aliphatic hydroxyl groups is 1. The van der Waals surface area contributed by atoms with Crippen LogP contribution < -0.4 is 0 Å². The van der Waals surface area contributed by atoms with E-state index in [1.807, 2.05) is 4.90 Å². The molecule has 2 aliphatic heterocycles. The minimum Gasteiger partial charge on any atom is -0.467 e. The molecule has 2 atom stereocenters. The van der Waals surface area contributed by atoms with Gasteiger partial charge in [0.05, 0.1) is 7.11 Å². The Bertz CT molecular complexity index is 386. The summed E-state index contributed by atoms with van der Waals surface area (Å²) in [4.78, 5) is 13.5. The van der Waals surface area contributed by atoms with Gasteiger partial charge in [-0.25, -0.2) is 4.79 Å². The highest BCUT2D eigenvalue weighted by molar-refractivity contribution is 5.79. The number of carbonyl (C=O) groups is 1. The Hall–Kier alpha value is -1.07. The van der Waals surface area contributed by atoms with Crippen molar-refractivity contribution in [2.24, 2.45) is 0 Å². The fraction of sp³-hybridized carbons (Fsp3) is 0.769. The molecule has 100 valence electrons. The van der Waals surface area contributed by atoms with Gasteiger partial charge in [0.15, 0.2) is 6.29 Å². The highest BCUT2D eigenvalue weighted by atomic mass is 16.6. The Labute approximate surface area is 106 Å². The van der Waals surface area contributed by atoms with Gasteiger partial charge in [-0.1, -0.05) is 19.3 Å². The number of hydrogen-bond donors (Lipinski definition) is 1. The molecule has 0 aromatic rings. The van der Waals surface area contributed by atoms with Crippen molar-refractivity contribution < 1.29 is 19.4 Å². The van der Waals surface area contributed by atoms with Crippen LogP contribution in [0, 0.1) is 0 Å². The molecule has 2 heterocycles. The van der Waals surface area contributed by atoms with Gasteiger partial charge in [-0.3, -0.25) is 0 Å². The lowest BCUT2D eigenvalue weighted by atomic mass is 9.82. The number of carbonyl (C=O) groups excluding carboxylic acids is 1. The second-order valence-corrected chi connectivity index (χ2v) is 5.31. The zero-order valence-electron chi connectivity index (χ0n) is 10.6. The molecule has 0 radical (unpaired) electrons. The number of ether oxygens (including phenoxy) is 2. The van der Waals surface area contributed by atoms with E-state index in [2.05, 4.69) is 0 Å². The highest BCUT2D eigenvalue weighted by Gasteiger charge is 2.53. The molecule has 1 spiro atoms. The van der Waals surface area contributed by atoms with Gasteiger partial charge in [0.1, 0.15) is 11.6 Å². The summed E-state index contributed by atoms with van der Waals surface area (Å²) in [5, 5.41) is 9.73. The van der Waals surface area contributed by atoms with Crippen LogP contribution in [-0.2, 0) is 14.3 Å². The van der Waals surface area contributed by atoms with Gasteiger partial charge >= 0.3 is 5.97 Å². The SMILES string of the molecule is COC(=O)C1CN1C1=CC(O)OC12CCCCC2. The van der Waals surface area contributed by atoms with Crippen LogP contribution in [0.15, 0.2) is 11.8 Å². The predicted molar refractivity (Wildman–Crippen MR) is 63.5 cm³/mol. The van der Waals surface area contributed by atoms with E-state index in [9.17, 15) is 9.90 Å². The molecular formula is C13H19NO4. The Balaban J connectivity index is 1.78. The first kappa shape index (κ1) is 12.0. The molecule has 1 N–H and O–H groups in total. The molecule has 0 aromatic carbocycles. The van der Waals surface area contributed by atoms with E-state index in [-0.39, 0.29) is 17.6 Å². The number of rotatable bonds is 2. The molecule has 0 aromatic heterocycles. The predicted octanol–water partition coefficient (Wildman–Crippen LogP) is 0.779. The van der Waals surface area contributed by atoms with E-state index in [4.69, 9.17) is 9.47 Å². The lowest BCUT2D eigenvalue weighted by Crippen LogP contribution is -2.38. The molecule has 5 heteroatoms. The van der Waals surface area contributed by atoms with Crippen molar-refractivity contribution in [3.05, 3.63) is 11.8 Å². The first-order valence-corrected chi connectivity index (χ1v) is 6.59. The summed E-state index contributed by atoms with van der Waals surface area (Å²) in [6.45, 7) is 0.677. The van der Waals surface area contributed by atoms with E-state index in [1.165, 1.54) is 13.5 Å². The van der Waals surface area contributed by atoms with Crippen LogP contribution >= 0.6 is 0 Å². The summed E-state index contributed by atoms with van der Waals surface area (Å²) >= 11 is 0. The maximum Gasteiger partial charge on any atom is 0.330 e. The van der Waals surface area contributed by atoms with Crippen LogP contribution in [0.4, 0.5) is 0 Å². The van der Waals surface area contributed by atoms with Crippen LogP contribution in [0.2, 0.25) is 0 Å². The largest absolute Gasteiger partial charge is 0.467 e. The van der Waals surface area contributed by atoms with Crippen LogP contribution in [0.25, 0.3) is 0 Å². The van der Waals surface area contributed by atoms with Gasteiger partial charge in [-0.05, 0) is 18.9 Å². The molecule has 2 unspecified atom stereocenters. The van der Waals surface area contributed by atoms with Crippen LogP contribution in [0.3, 0.4) is 0 Å². The summed E-state index contributed by atoms with van der Waals surface area (Å²) in [7, 11) is 1.41. The van der Waals surface area contributed by atoms with Gasteiger partial charge in [0.25, 0.3) is 0 Å². The van der Waals surface area contributed by atoms with Crippen molar-refractivity contribution in [2.75, 3.05) is 13.7 Å². The van der Waals surface area contributed by atoms with Crippen molar-refractivity contribution in [1.29, 1.82) is 0 Å². The van der Waals surface area contributed by atoms with Gasteiger partial charge in [-0.2, -0.15) is 0 Å². The van der Waals surface area contributed by atoms with Crippen molar-refractivity contribution in [2.45, 2.75) is 50.0 Å². The molecule has 1 saturated heterocycles. The number of aliphatic hydroxyl groups excluding tert-OH is 1. The molecule has 0 amide bonds. The Morgan fingerprint density at radius 1 is 1.50 bits per heavy atom. The van der Waals surface area contributed by atoms with E-state index in [0.717, 1.165) is 31.4 Å². The normalized spacial score (nSPS) is 33.4. The lowest BCUT2D eigenvalue weighted by Gasteiger charge is -2.36. The topological polar surface area (TPSA) is 58.8 Å². The summed E-state index contributed by atoms with van der Waals surface area (Å²) in [5.74, 6) is -0.205. The fourth-order valence-electron chi connectivity index (χ4n) is 3.21. The lowest BCUT2D eigenvalue weighted by molar-refractivity contribution is -0.143. The Kier molecular flexibility index (Phi) is 2.83. The van der Waals surface area contributed by atoms with Crippen LogP contribution in [0.1, 0.15) is 32.1 Å². The molecule has 3 aliphatic rings. The van der Waals surface area contributed by atoms with Crippen molar-refractivity contribution in [3.8, 4) is 0 Å².